The molecule has 24 heavy (non-hydrogen) atoms. The molecule has 0 aromatic heterocycles. The van der Waals surface area contributed by atoms with Gasteiger partial charge >= 0.3 is 0 Å². The summed E-state index contributed by atoms with van der Waals surface area (Å²) in [6.07, 6.45) is 1.87. The molecule has 0 spiro atoms. The number of halogens is 1. The number of rotatable bonds is 4. The zero-order valence-corrected chi connectivity index (χ0v) is 14.6. The topological polar surface area (TPSA) is 70.7 Å². The molecule has 2 atom stereocenters. The van der Waals surface area contributed by atoms with Crippen LogP contribution in [0.5, 0.6) is 5.75 Å². The van der Waals surface area contributed by atoms with Crippen LogP contribution in [0.4, 0.5) is 5.69 Å². The number of anilines is 1. The third kappa shape index (κ3) is 4.19. The summed E-state index contributed by atoms with van der Waals surface area (Å²) in [5.41, 5.74) is 0.739. The number of ether oxygens (including phenoxy) is 1. The molecule has 2 aliphatic rings. The molecule has 0 aliphatic carbocycles. The average molecular weight is 354 g/mol. The first-order valence-electron chi connectivity index (χ1n) is 8.22. The van der Waals surface area contributed by atoms with Gasteiger partial charge in [-0.1, -0.05) is 12.1 Å². The van der Waals surface area contributed by atoms with E-state index in [0.29, 0.717) is 18.7 Å². The van der Waals surface area contributed by atoms with Crippen molar-refractivity contribution < 1.29 is 14.3 Å². The van der Waals surface area contributed by atoms with Gasteiger partial charge in [0.25, 0.3) is 5.91 Å². The maximum absolute atomic E-state index is 12.3. The average Bonchev–Trinajstić information content (AvgIpc) is 2.56. The maximum Gasteiger partial charge on any atom is 0.267 e. The number of carbonyl (C=O) groups is 2. The van der Waals surface area contributed by atoms with Crippen molar-refractivity contribution in [3.63, 3.8) is 0 Å². The summed E-state index contributed by atoms with van der Waals surface area (Å²) < 4.78 is 5.60. The lowest BCUT2D eigenvalue weighted by molar-refractivity contribution is -0.125. The van der Waals surface area contributed by atoms with E-state index in [0.717, 1.165) is 31.6 Å². The summed E-state index contributed by atoms with van der Waals surface area (Å²) in [7, 11) is 0. The van der Waals surface area contributed by atoms with Gasteiger partial charge in [0.1, 0.15) is 5.75 Å². The number of hydrogen-bond acceptors (Lipinski definition) is 4. The molecule has 6 nitrogen and oxygen atoms in total. The second-order valence-corrected chi connectivity index (χ2v) is 6.08. The Labute approximate surface area is 148 Å². The molecule has 1 saturated heterocycles. The fourth-order valence-corrected chi connectivity index (χ4v) is 3.08. The Hall–Kier alpha value is -1.79. The third-order valence-corrected chi connectivity index (χ3v) is 4.30. The number of para-hydroxylation sites is 2. The van der Waals surface area contributed by atoms with Gasteiger partial charge < -0.3 is 20.3 Å². The monoisotopic (exact) mass is 353 g/mol. The molecule has 1 unspecified atom stereocenters. The second kappa shape index (κ2) is 8.35. The van der Waals surface area contributed by atoms with Gasteiger partial charge in [0, 0.05) is 25.6 Å². The predicted octanol–water partition coefficient (Wildman–Crippen LogP) is 1.48. The molecule has 2 N–H and O–H groups in total. The first kappa shape index (κ1) is 18.5. The Morgan fingerprint density at radius 3 is 2.96 bits per heavy atom. The summed E-state index contributed by atoms with van der Waals surface area (Å²) in [6.45, 7) is 3.94. The molecule has 1 aromatic carbocycles. The van der Waals surface area contributed by atoms with Gasteiger partial charge in [-0.2, -0.15) is 0 Å². The Kier molecular flexibility index (Phi) is 6.45. The van der Waals surface area contributed by atoms with E-state index in [4.69, 9.17) is 4.74 Å². The van der Waals surface area contributed by atoms with E-state index in [1.54, 1.807) is 11.8 Å². The van der Waals surface area contributed by atoms with Crippen molar-refractivity contribution in [1.29, 1.82) is 0 Å². The number of nitrogens with one attached hydrogen (secondary N) is 2. The fourth-order valence-electron chi connectivity index (χ4n) is 3.08. The molecule has 0 saturated carbocycles. The number of nitrogens with zero attached hydrogens (tertiary/aromatic N) is 1. The first-order valence-corrected chi connectivity index (χ1v) is 8.22. The van der Waals surface area contributed by atoms with Crippen molar-refractivity contribution in [3.8, 4) is 5.75 Å². The fraction of sp³-hybridized carbons (Fsp3) is 0.529. The molecule has 1 aromatic rings. The van der Waals surface area contributed by atoms with Gasteiger partial charge in [-0.3, -0.25) is 9.59 Å². The van der Waals surface area contributed by atoms with E-state index in [1.807, 2.05) is 24.3 Å². The van der Waals surface area contributed by atoms with Crippen LogP contribution in [0.2, 0.25) is 0 Å². The minimum atomic E-state index is -0.518. The normalized spacial score (nSPS) is 22.9. The van der Waals surface area contributed by atoms with Crippen LogP contribution in [-0.2, 0) is 9.59 Å². The molecule has 2 heterocycles. The number of amides is 2. The van der Waals surface area contributed by atoms with Crippen molar-refractivity contribution in [3.05, 3.63) is 24.3 Å². The van der Waals surface area contributed by atoms with Gasteiger partial charge in [-0.15, -0.1) is 12.4 Å². The molecule has 3 rings (SSSR count). The summed E-state index contributed by atoms with van der Waals surface area (Å²) in [6, 6.07) is 7.64. The van der Waals surface area contributed by atoms with Crippen LogP contribution >= 0.6 is 12.4 Å². The van der Waals surface area contributed by atoms with Crippen molar-refractivity contribution in [2.24, 2.45) is 0 Å². The third-order valence-electron chi connectivity index (χ3n) is 4.30. The van der Waals surface area contributed by atoms with Crippen molar-refractivity contribution in [2.45, 2.75) is 38.3 Å². The lowest BCUT2D eigenvalue weighted by Gasteiger charge is -2.33. The van der Waals surface area contributed by atoms with E-state index in [9.17, 15) is 9.59 Å². The lowest BCUT2D eigenvalue weighted by Crippen LogP contribution is -2.48. The zero-order chi connectivity index (χ0) is 16.2. The summed E-state index contributed by atoms with van der Waals surface area (Å²) in [4.78, 5) is 26.2. The van der Waals surface area contributed by atoms with Crippen LogP contribution in [-0.4, -0.2) is 43.6 Å². The number of carbonyl (C=O) groups excluding carboxylic acids is 2. The van der Waals surface area contributed by atoms with Gasteiger partial charge in [0.15, 0.2) is 6.10 Å². The van der Waals surface area contributed by atoms with E-state index in [2.05, 4.69) is 10.6 Å². The Morgan fingerprint density at radius 2 is 2.21 bits per heavy atom. The zero-order valence-electron chi connectivity index (χ0n) is 13.8. The number of fused-ring (bicyclic) bond motifs is 1. The number of hydrogen-bond donors (Lipinski definition) is 2. The molecule has 2 aliphatic heterocycles. The van der Waals surface area contributed by atoms with Gasteiger partial charge in [-0.25, -0.2) is 0 Å². The second-order valence-electron chi connectivity index (χ2n) is 6.08. The van der Waals surface area contributed by atoms with Crippen LogP contribution in [0, 0.1) is 0 Å². The minimum absolute atomic E-state index is 0. The highest BCUT2D eigenvalue weighted by Crippen LogP contribution is 2.33. The number of benzene rings is 1. The van der Waals surface area contributed by atoms with Crippen LogP contribution in [0.1, 0.15) is 26.2 Å². The summed E-state index contributed by atoms with van der Waals surface area (Å²) in [5, 5.41) is 6.31. The standard InChI is InChI=1S/C17H23N3O3.ClH/c1-12-17(22)20(14-6-2-3-7-15(14)23-12)10-8-16(21)19-13-5-4-9-18-11-13;/h2-3,6-7,12-13,18H,4-5,8-11H2,1H3,(H,19,21);1H/t12?,13-;/m0./s1. The maximum atomic E-state index is 12.3. The van der Waals surface area contributed by atoms with Gasteiger partial charge in [0.05, 0.1) is 5.69 Å². The van der Waals surface area contributed by atoms with E-state index in [1.165, 1.54) is 0 Å². The highest BCUT2D eigenvalue weighted by atomic mass is 35.5. The Balaban J connectivity index is 0.00000208. The highest BCUT2D eigenvalue weighted by Gasteiger charge is 2.31. The Morgan fingerprint density at radius 1 is 1.42 bits per heavy atom. The molecule has 1 fully saturated rings. The van der Waals surface area contributed by atoms with Crippen LogP contribution < -0.4 is 20.3 Å². The predicted molar refractivity (Wildman–Crippen MR) is 94.8 cm³/mol. The molecule has 0 radical (unpaired) electrons. The summed E-state index contributed by atoms with van der Waals surface area (Å²) in [5.74, 6) is 0.579. The van der Waals surface area contributed by atoms with Gasteiger partial charge in [-0.05, 0) is 38.4 Å². The quantitative estimate of drug-likeness (QED) is 0.860. The SMILES string of the molecule is CC1Oc2ccccc2N(CCC(=O)N[C@H]2CCCNC2)C1=O.Cl. The smallest absolute Gasteiger partial charge is 0.267 e. The lowest BCUT2D eigenvalue weighted by atomic mass is 10.1. The van der Waals surface area contributed by atoms with Crippen LogP contribution in [0.15, 0.2) is 24.3 Å². The highest BCUT2D eigenvalue weighted by molar-refractivity contribution is 6.00. The van der Waals surface area contributed by atoms with Crippen molar-refractivity contribution in [1.82, 2.24) is 10.6 Å². The van der Waals surface area contributed by atoms with E-state index in [-0.39, 0.29) is 30.3 Å². The largest absolute Gasteiger partial charge is 0.479 e. The molecule has 132 valence electrons. The van der Waals surface area contributed by atoms with E-state index < -0.39 is 6.10 Å². The minimum Gasteiger partial charge on any atom is -0.479 e. The van der Waals surface area contributed by atoms with E-state index >= 15 is 0 Å². The van der Waals surface area contributed by atoms with Crippen molar-refractivity contribution in [2.75, 3.05) is 24.5 Å². The number of piperidine rings is 1. The van der Waals surface area contributed by atoms with Crippen molar-refractivity contribution >= 4 is 29.9 Å². The molecule has 0 bridgehead atoms. The van der Waals surface area contributed by atoms with Gasteiger partial charge in [0.2, 0.25) is 5.91 Å². The van der Waals surface area contributed by atoms with Crippen LogP contribution in [0.3, 0.4) is 0 Å². The first-order chi connectivity index (χ1) is 11.1. The Bertz CT molecular complexity index is 590. The summed E-state index contributed by atoms with van der Waals surface area (Å²) >= 11 is 0. The molecule has 2 amide bonds. The molecular formula is C17H24ClN3O3. The molecule has 7 heteroatoms. The van der Waals surface area contributed by atoms with Crippen LogP contribution in [0.25, 0.3) is 0 Å². The molecular weight excluding hydrogens is 330 g/mol.